The average molecular weight is 208 g/mol. The van der Waals surface area contributed by atoms with E-state index in [1.54, 1.807) is 0 Å². The van der Waals surface area contributed by atoms with Crippen LogP contribution in [0, 0.1) is 0 Å². The number of hydrogen-bond donors (Lipinski definition) is 0. The Morgan fingerprint density at radius 3 is 2.53 bits per heavy atom. The maximum atomic E-state index is 11.4. The van der Waals surface area contributed by atoms with E-state index in [4.69, 9.17) is 9.47 Å². The Balaban J connectivity index is 2.40. The van der Waals surface area contributed by atoms with Gasteiger partial charge in [-0.25, -0.2) is 4.79 Å². The second kappa shape index (κ2) is 6.19. The third-order valence-electron chi connectivity index (χ3n) is 2.14. The quantitative estimate of drug-likeness (QED) is 0.695. The lowest BCUT2D eigenvalue weighted by Gasteiger charge is -2.12. The molecule has 3 heteroatoms. The molecule has 0 saturated heterocycles. The molecule has 0 aromatic heterocycles. The number of methoxy groups -OCH3 is 1. The average Bonchev–Trinajstić information content (AvgIpc) is 2.29. The molecular weight excluding hydrogens is 192 g/mol. The highest BCUT2D eigenvalue weighted by Gasteiger charge is 2.16. The summed E-state index contributed by atoms with van der Waals surface area (Å²) < 4.78 is 10.1. The molecule has 0 amide bonds. The van der Waals surface area contributed by atoms with Gasteiger partial charge in [0.05, 0.1) is 0 Å². The van der Waals surface area contributed by atoms with Crippen molar-refractivity contribution in [1.82, 2.24) is 0 Å². The van der Waals surface area contributed by atoms with Crippen molar-refractivity contribution in [2.45, 2.75) is 26.1 Å². The SMILES string of the molecule is CCC(OC)C(=O)OCc1ccccc1. The fourth-order valence-corrected chi connectivity index (χ4v) is 1.25. The van der Waals surface area contributed by atoms with Crippen molar-refractivity contribution in [3.8, 4) is 0 Å². The lowest BCUT2D eigenvalue weighted by atomic mass is 10.2. The van der Waals surface area contributed by atoms with Gasteiger partial charge in [0.25, 0.3) is 0 Å². The van der Waals surface area contributed by atoms with Crippen LogP contribution in [0.5, 0.6) is 0 Å². The molecule has 0 radical (unpaired) electrons. The fourth-order valence-electron chi connectivity index (χ4n) is 1.25. The topological polar surface area (TPSA) is 35.5 Å². The second-order valence-electron chi connectivity index (χ2n) is 3.23. The molecule has 1 atom stereocenters. The third kappa shape index (κ3) is 3.72. The van der Waals surface area contributed by atoms with Crippen molar-refractivity contribution >= 4 is 5.97 Å². The minimum Gasteiger partial charge on any atom is -0.459 e. The van der Waals surface area contributed by atoms with Gasteiger partial charge in [-0.2, -0.15) is 0 Å². The molecular formula is C12H16O3. The molecule has 1 aromatic rings. The Hall–Kier alpha value is -1.35. The highest BCUT2D eigenvalue weighted by molar-refractivity contribution is 5.74. The highest BCUT2D eigenvalue weighted by Crippen LogP contribution is 2.04. The number of ether oxygens (including phenoxy) is 2. The first-order chi connectivity index (χ1) is 7.27. The minimum atomic E-state index is -0.450. The van der Waals surface area contributed by atoms with Crippen LogP contribution in [-0.4, -0.2) is 19.2 Å². The van der Waals surface area contributed by atoms with Crippen molar-refractivity contribution in [1.29, 1.82) is 0 Å². The first kappa shape index (κ1) is 11.7. The van der Waals surface area contributed by atoms with E-state index in [0.29, 0.717) is 13.0 Å². The molecule has 1 unspecified atom stereocenters. The van der Waals surface area contributed by atoms with Crippen molar-refractivity contribution in [2.24, 2.45) is 0 Å². The first-order valence-electron chi connectivity index (χ1n) is 5.01. The summed E-state index contributed by atoms with van der Waals surface area (Å²) >= 11 is 0. The molecule has 82 valence electrons. The molecule has 0 aliphatic heterocycles. The van der Waals surface area contributed by atoms with E-state index in [0.717, 1.165) is 5.56 Å². The second-order valence-corrected chi connectivity index (χ2v) is 3.23. The van der Waals surface area contributed by atoms with Crippen molar-refractivity contribution in [2.75, 3.05) is 7.11 Å². The number of carbonyl (C=O) groups excluding carboxylic acids is 1. The number of esters is 1. The summed E-state index contributed by atoms with van der Waals surface area (Å²) in [6, 6.07) is 9.59. The van der Waals surface area contributed by atoms with Crippen LogP contribution in [0.4, 0.5) is 0 Å². The summed E-state index contributed by atoms with van der Waals surface area (Å²) in [6.45, 7) is 2.19. The van der Waals surface area contributed by atoms with E-state index in [1.165, 1.54) is 7.11 Å². The smallest absolute Gasteiger partial charge is 0.335 e. The Morgan fingerprint density at radius 1 is 1.33 bits per heavy atom. The molecule has 0 bridgehead atoms. The van der Waals surface area contributed by atoms with Crippen molar-refractivity contribution in [3.05, 3.63) is 35.9 Å². The zero-order chi connectivity index (χ0) is 11.1. The van der Waals surface area contributed by atoms with Gasteiger partial charge in [0.2, 0.25) is 0 Å². The molecule has 0 heterocycles. The van der Waals surface area contributed by atoms with Gasteiger partial charge in [-0.3, -0.25) is 0 Å². The third-order valence-corrected chi connectivity index (χ3v) is 2.14. The van der Waals surface area contributed by atoms with Crippen LogP contribution in [0.15, 0.2) is 30.3 Å². The Bertz CT molecular complexity index is 291. The maximum Gasteiger partial charge on any atom is 0.335 e. The van der Waals surface area contributed by atoms with Gasteiger partial charge < -0.3 is 9.47 Å². The van der Waals surface area contributed by atoms with Gasteiger partial charge in [-0.05, 0) is 12.0 Å². The molecule has 0 saturated carbocycles. The van der Waals surface area contributed by atoms with Crippen LogP contribution in [0.2, 0.25) is 0 Å². The molecule has 0 aliphatic carbocycles. The highest BCUT2D eigenvalue weighted by atomic mass is 16.6. The van der Waals surface area contributed by atoms with Gasteiger partial charge >= 0.3 is 5.97 Å². The first-order valence-corrected chi connectivity index (χ1v) is 5.01. The molecule has 0 N–H and O–H groups in total. The normalized spacial score (nSPS) is 12.1. The number of benzene rings is 1. The van der Waals surface area contributed by atoms with Crippen LogP contribution >= 0.6 is 0 Å². The van der Waals surface area contributed by atoms with Crippen LogP contribution in [0.25, 0.3) is 0 Å². The van der Waals surface area contributed by atoms with E-state index >= 15 is 0 Å². The van der Waals surface area contributed by atoms with Crippen molar-refractivity contribution in [3.63, 3.8) is 0 Å². The van der Waals surface area contributed by atoms with E-state index in [9.17, 15) is 4.79 Å². The Kier molecular flexibility index (Phi) is 4.84. The zero-order valence-electron chi connectivity index (χ0n) is 9.10. The van der Waals surface area contributed by atoms with Gasteiger partial charge in [-0.15, -0.1) is 0 Å². The summed E-state index contributed by atoms with van der Waals surface area (Å²) in [4.78, 5) is 11.4. The molecule has 0 aliphatic rings. The van der Waals surface area contributed by atoms with Gasteiger partial charge in [0, 0.05) is 7.11 Å². The molecule has 1 aromatic carbocycles. The monoisotopic (exact) mass is 208 g/mol. The Labute approximate surface area is 90.0 Å². The number of hydrogen-bond acceptors (Lipinski definition) is 3. The summed E-state index contributed by atoms with van der Waals surface area (Å²) in [7, 11) is 1.51. The minimum absolute atomic E-state index is 0.302. The van der Waals surface area contributed by atoms with E-state index in [-0.39, 0.29) is 5.97 Å². The maximum absolute atomic E-state index is 11.4. The zero-order valence-corrected chi connectivity index (χ0v) is 9.10. The molecule has 3 nitrogen and oxygen atoms in total. The molecule has 1 rings (SSSR count). The Morgan fingerprint density at radius 2 is 2.00 bits per heavy atom. The molecule has 15 heavy (non-hydrogen) atoms. The van der Waals surface area contributed by atoms with Gasteiger partial charge in [0.1, 0.15) is 6.61 Å². The summed E-state index contributed by atoms with van der Waals surface area (Å²) in [5.41, 5.74) is 0.983. The lowest BCUT2D eigenvalue weighted by molar-refractivity contribution is -0.156. The number of rotatable bonds is 5. The largest absolute Gasteiger partial charge is 0.459 e. The van der Waals surface area contributed by atoms with E-state index in [1.807, 2.05) is 37.3 Å². The number of carbonyl (C=O) groups is 1. The van der Waals surface area contributed by atoms with Crippen LogP contribution in [0.3, 0.4) is 0 Å². The predicted octanol–water partition coefficient (Wildman–Crippen LogP) is 2.15. The molecule has 0 spiro atoms. The summed E-state index contributed by atoms with van der Waals surface area (Å²) in [5.74, 6) is -0.302. The fraction of sp³-hybridized carbons (Fsp3) is 0.417. The van der Waals surface area contributed by atoms with Crippen molar-refractivity contribution < 1.29 is 14.3 Å². The van der Waals surface area contributed by atoms with Crippen LogP contribution < -0.4 is 0 Å². The lowest BCUT2D eigenvalue weighted by Crippen LogP contribution is -2.24. The van der Waals surface area contributed by atoms with E-state index < -0.39 is 6.10 Å². The molecule has 0 fully saturated rings. The van der Waals surface area contributed by atoms with Gasteiger partial charge in [0.15, 0.2) is 6.10 Å². The van der Waals surface area contributed by atoms with Crippen LogP contribution in [0.1, 0.15) is 18.9 Å². The standard InChI is InChI=1S/C12H16O3/c1-3-11(14-2)12(13)15-9-10-7-5-4-6-8-10/h4-8,11H,3,9H2,1-2H3. The predicted molar refractivity (Wildman–Crippen MR) is 57.3 cm³/mol. The van der Waals surface area contributed by atoms with E-state index in [2.05, 4.69) is 0 Å². The van der Waals surface area contributed by atoms with Gasteiger partial charge in [-0.1, -0.05) is 37.3 Å². The summed E-state index contributed by atoms with van der Waals surface area (Å²) in [6.07, 6.45) is 0.179. The summed E-state index contributed by atoms with van der Waals surface area (Å²) in [5, 5.41) is 0. The van der Waals surface area contributed by atoms with Crippen LogP contribution in [-0.2, 0) is 20.9 Å².